The number of thioether (sulfide) groups is 1. The summed E-state index contributed by atoms with van der Waals surface area (Å²) in [6.07, 6.45) is 1.72. The van der Waals surface area contributed by atoms with Crippen molar-refractivity contribution in [3.63, 3.8) is 0 Å². The first kappa shape index (κ1) is 25.8. The highest BCUT2D eigenvalue weighted by Gasteiger charge is 2.17. The SMILES string of the molecule is Cc1ccc(-n2c(SCC(=O)NN=Cc3c4ccccc4cc4ccccc34)nnc2-c2ccc(Cl)cc2)cc1. The maximum atomic E-state index is 12.8. The van der Waals surface area contributed by atoms with Crippen LogP contribution in [0.1, 0.15) is 11.1 Å². The summed E-state index contributed by atoms with van der Waals surface area (Å²) in [5.74, 6) is 0.555. The Kier molecular flexibility index (Phi) is 7.31. The molecule has 196 valence electrons. The van der Waals surface area contributed by atoms with Gasteiger partial charge in [0.1, 0.15) is 0 Å². The van der Waals surface area contributed by atoms with Gasteiger partial charge in [0.2, 0.25) is 0 Å². The zero-order chi connectivity index (χ0) is 27.5. The highest BCUT2D eigenvalue weighted by molar-refractivity contribution is 7.99. The Balaban J connectivity index is 1.23. The summed E-state index contributed by atoms with van der Waals surface area (Å²) in [6.45, 7) is 2.04. The highest BCUT2D eigenvalue weighted by atomic mass is 35.5. The first-order valence-corrected chi connectivity index (χ1v) is 14.1. The Morgan fingerprint density at radius 2 is 1.55 bits per heavy atom. The van der Waals surface area contributed by atoms with Gasteiger partial charge in [0.05, 0.1) is 12.0 Å². The first-order valence-electron chi connectivity index (χ1n) is 12.7. The van der Waals surface area contributed by atoms with Crippen LogP contribution in [0, 0.1) is 6.92 Å². The third-order valence-corrected chi connectivity index (χ3v) is 7.74. The largest absolute Gasteiger partial charge is 0.272 e. The third-order valence-electron chi connectivity index (χ3n) is 6.56. The van der Waals surface area contributed by atoms with Gasteiger partial charge in [-0.25, -0.2) is 5.43 Å². The number of halogens is 1. The number of hydrogen-bond acceptors (Lipinski definition) is 5. The van der Waals surface area contributed by atoms with Gasteiger partial charge in [0, 0.05) is 21.8 Å². The van der Waals surface area contributed by atoms with Crippen molar-refractivity contribution in [2.24, 2.45) is 5.10 Å². The molecule has 0 saturated carbocycles. The summed E-state index contributed by atoms with van der Waals surface area (Å²) < 4.78 is 1.95. The van der Waals surface area contributed by atoms with E-state index in [0.29, 0.717) is 16.0 Å². The van der Waals surface area contributed by atoms with Crippen LogP contribution in [0.5, 0.6) is 0 Å². The van der Waals surface area contributed by atoms with E-state index in [-0.39, 0.29) is 11.7 Å². The van der Waals surface area contributed by atoms with Crippen molar-refractivity contribution in [2.75, 3.05) is 5.75 Å². The van der Waals surface area contributed by atoms with E-state index >= 15 is 0 Å². The van der Waals surface area contributed by atoms with E-state index < -0.39 is 0 Å². The van der Waals surface area contributed by atoms with Crippen molar-refractivity contribution in [1.29, 1.82) is 0 Å². The number of aromatic nitrogens is 3. The van der Waals surface area contributed by atoms with Crippen LogP contribution in [0.15, 0.2) is 113 Å². The van der Waals surface area contributed by atoms with Crippen LogP contribution >= 0.6 is 23.4 Å². The Labute approximate surface area is 240 Å². The maximum Gasteiger partial charge on any atom is 0.250 e. The van der Waals surface area contributed by atoms with Crippen molar-refractivity contribution in [3.05, 3.63) is 119 Å². The molecule has 0 aliphatic heterocycles. The number of hydrogen-bond donors (Lipinski definition) is 1. The molecule has 0 radical (unpaired) electrons. The van der Waals surface area contributed by atoms with E-state index in [1.165, 1.54) is 11.8 Å². The van der Waals surface area contributed by atoms with Crippen LogP contribution in [-0.2, 0) is 4.79 Å². The Hall–Kier alpha value is -4.46. The number of nitrogens with zero attached hydrogens (tertiary/aromatic N) is 4. The van der Waals surface area contributed by atoms with Crippen LogP contribution in [0.4, 0.5) is 0 Å². The number of nitrogens with one attached hydrogen (secondary N) is 1. The number of benzene rings is 5. The van der Waals surface area contributed by atoms with Crippen LogP contribution < -0.4 is 5.43 Å². The fraction of sp³-hybridized carbons (Fsp3) is 0.0625. The fourth-order valence-electron chi connectivity index (χ4n) is 4.60. The molecule has 6 aromatic rings. The molecule has 0 bridgehead atoms. The number of hydrazone groups is 1. The van der Waals surface area contributed by atoms with E-state index in [4.69, 9.17) is 11.6 Å². The molecular formula is C32H24ClN5OS. The van der Waals surface area contributed by atoms with Crippen LogP contribution in [0.2, 0.25) is 5.02 Å². The van der Waals surface area contributed by atoms with Crippen molar-refractivity contribution in [2.45, 2.75) is 12.1 Å². The summed E-state index contributed by atoms with van der Waals surface area (Å²) in [7, 11) is 0. The molecule has 1 heterocycles. The monoisotopic (exact) mass is 561 g/mol. The summed E-state index contributed by atoms with van der Waals surface area (Å²) in [5.41, 5.74) is 6.58. The standard InChI is InChI=1S/C32H24ClN5OS/c1-21-10-16-26(17-11-21)38-31(22-12-14-25(33)15-13-22)36-37-32(38)40-20-30(39)35-34-19-29-27-8-4-2-6-23(27)18-24-7-3-5-9-28(24)29/h2-19H,20H2,1H3,(H,35,39). The van der Waals surface area contributed by atoms with Crippen LogP contribution in [0.3, 0.4) is 0 Å². The second-order valence-corrected chi connectivity index (χ2v) is 10.7. The summed E-state index contributed by atoms with van der Waals surface area (Å²) >= 11 is 7.40. The van der Waals surface area contributed by atoms with Gasteiger partial charge in [-0.3, -0.25) is 9.36 Å². The Morgan fingerprint density at radius 3 is 2.23 bits per heavy atom. The fourth-order valence-corrected chi connectivity index (χ4v) is 5.47. The van der Waals surface area contributed by atoms with Gasteiger partial charge < -0.3 is 0 Å². The molecule has 1 N–H and O–H groups in total. The minimum Gasteiger partial charge on any atom is -0.272 e. The molecule has 8 heteroatoms. The van der Waals surface area contributed by atoms with E-state index in [0.717, 1.165) is 43.9 Å². The van der Waals surface area contributed by atoms with Gasteiger partial charge in [0.15, 0.2) is 11.0 Å². The molecule has 5 aromatic carbocycles. The molecule has 0 atom stereocenters. The molecule has 1 amide bonds. The lowest BCUT2D eigenvalue weighted by atomic mass is 9.97. The number of aryl methyl sites for hydroxylation is 1. The minimum atomic E-state index is -0.239. The predicted molar refractivity (Wildman–Crippen MR) is 164 cm³/mol. The number of carbonyl (C=O) groups is 1. The molecule has 1 aromatic heterocycles. The molecule has 40 heavy (non-hydrogen) atoms. The zero-order valence-electron chi connectivity index (χ0n) is 21.6. The average Bonchev–Trinajstić information content (AvgIpc) is 3.40. The summed E-state index contributed by atoms with van der Waals surface area (Å²) in [4.78, 5) is 12.8. The van der Waals surface area contributed by atoms with Crippen molar-refractivity contribution < 1.29 is 4.79 Å². The minimum absolute atomic E-state index is 0.123. The second kappa shape index (κ2) is 11.3. The van der Waals surface area contributed by atoms with Gasteiger partial charge in [-0.15, -0.1) is 10.2 Å². The molecule has 0 saturated heterocycles. The second-order valence-electron chi connectivity index (χ2n) is 9.30. The molecule has 0 fully saturated rings. The van der Waals surface area contributed by atoms with Crippen molar-refractivity contribution in [1.82, 2.24) is 20.2 Å². The normalized spacial score (nSPS) is 11.4. The molecule has 0 unspecified atom stereocenters. The van der Waals surface area contributed by atoms with E-state index in [1.54, 1.807) is 6.21 Å². The van der Waals surface area contributed by atoms with Gasteiger partial charge >= 0.3 is 0 Å². The zero-order valence-corrected chi connectivity index (χ0v) is 23.2. The highest BCUT2D eigenvalue weighted by Crippen LogP contribution is 2.29. The molecule has 0 aliphatic rings. The van der Waals surface area contributed by atoms with Gasteiger partial charge in [-0.1, -0.05) is 89.6 Å². The summed E-state index contributed by atoms with van der Waals surface area (Å²) in [5, 5.41) is 18.8. The predicted octanol–water partition coefficient (Wildman–Crippen LogP) is 7.44. The number of carbonyl (C=O) groups excluding carboxylic acids is 1. The smallest absolute Gasteiger partial charge is 0.250 e. The van der Waals surface area contributed by atoms with Crippen LogP contribution in [-0.4, -0.2) is 32.6 Å². The maximum absolute atomic E-state index is 12.8. The van der Waals surface area contributed by atoms with Crippen molar-refractivity contribution in [3.8, 4) is 17.1 Å². The lowest BCUT2D eigenvalue weighted by molar-refractivity contribution is -0.118. The molecule has 6 nitrogen and oxygen atoms in total. The van der Waals surface area contributed by atoms with Crippen LogP contribution in [0.25, 0.3) is 38.6 Å². The van der Waals surface area contributed by atoms with E-state index in [1.807, 2.05) is 84.3 Å². The molecule has 0 spiro atoms. The topological polar surface area (TPSA) is 72.2 Å². The average molecular weight is 562 g/mol. The Bertz CT molecular complexity index is 1810. The van der Waals surface area contributed by atoms with Crippen molar-refractivity contribution >= 4 is 57.0 Å². The molecular weight excluding hydrogens is 538 g/mol. The number of fused-ring (bicyclic) bond motifs is 2. The van der Waals surface area contributed by atoms with Gasteiger partial charge in [-0.2, -0.15) is 5.10 Å². The Morgan fingerprint density at radius 1 is 0.900 bits per heavy atom. The summed E-state index contributed by atoms with van der Waals surface area (Å²) in [6, 6.07) is 34.1. The number of amides is 1. The first-order chi connectivity index (χ1) is 19.6. The molecule has 6 rings (SSSR count). The quantitative estimate of drug-likeness (QED) is 0.0951. The van der Waals surface area contributed by atoms with Gasteiger partial charge in [0.25, 0.3) is 5.91 Å². The lowest BCUT2D eigenvalue weighted by Crippen LogP contribution is -2.20. The van der Waals surface area contributed by atoms with E-state index in [9.17, 15) is 4.79 Å². The van der Waals surface area contributed by atoms with E-state index in [2.05, 4.69) is 51.1 Å². The van der Waals surface area contributed by atoms with Gasteiger partial charge in [-0.05, 0) is 70.9 Å². The number of rotatable bonds is 7. The molecule has 0 aliphatic carbocycles. The third kappa shape index (κ3) is 5.34. The lowest BCUT2D eigenvalue weighted by Gasteiger charge is -2.11.